The third-order valence-electron chi connectivity index (χ3n) is 3.67. The van der Waals surface area contributed by atoms with E-state index in [0.717, 1.165) is 11.7 Å². The minimum Gasteiger partial charge on any atom is -0.326 e. The van der Waals surface area contributed by atoms with Crippen LogP contribution in [0.25, 0.3) is 0 Å². The monoisotopic (exact) mass is 295 g/mol. The van der Waals surface area contributed by atoms with Gasteiger partial charge in [-0.15, -0.1) is 0 Å². The number of nitrogens with two attached hydrogens (primary N) is 1. The van der Waals surface area contributed by atoms with E-state index in [1.807, 2.05) is 0 Å². The van der Waals surface area contributed by atoms with Crippen LogP contribution in [0.2, 0.25) is 0 Å². The molecule has 1 aromatic rings. The summed E-state index contributed by atoms with van der Waals surface area (Å²) in [5, 5.41) is 1.35. The normalized spacial score (nSPS) is 25.3. The highest BCUT2D eigenvalue weighted by molar-refractivity contribution is 8.07. The van der Waals surface area contributed by atoms with Crippen LogP contribution in [0.15, 0.2) is 18.2 Å². The second-order valence-corrected chi connectivity index (χ2v) is 8.15. The maximum atomic E-state index is 6.51. The van der Waals surface area contributed by atoms with Crippen molar-refractivity contribution in [1.82, 2.24) is 0 Å². The molecule has 1 heterocycles. The van der Waals surface area contributed by atoms with Crippen LogP contribution in [0.3, 0.4) is 0 Å². The van der Waals surface area contributed by atoms with Crippen molar-refractivity contribution in [3.8, 4) is 0 Å². The molecular weight excluding hydrogens is 270 g/mol. The van der Waals surface area contributed by atoms with Gasteiger partial charge in [-0.05, 0) is 32.3 Å². The highest BCUT2D eigenvalue weighted by atomic mass is 32.2. The molecule has 1 aliphatic rings. The molecule has 0 saturated carbocycles. The van der Waals surface area contributed by atoms with E-state index < -0.39 is 0 Å². The van der Waals surface area contributed by atoms with Crippen LogP contribution in [0.5, 0.6) is 0 Å². The summed E-state index contributed by atoms with van der Waals surface area (Å²) < 4.78 is 0. The number of benzene rings is 1. The minimum absolute atomic E-state index is 0.281. The van der Waals surface area contributed by atoms with Gasteiger partial charge in [-0.25, -0.2) is 0 Å². The number of thioether (sulfide) groups is 2. The van der Waals surface area contributed by atoms with Gasteiger partial charge in [0.2, 0.25) is 0 Å². The average molecular weight is 296 g/mol. The molecule has 106 valence electrons. The van der Waals surface area contributed by atoms with E-state index in [9.17, 15) is 0 Å². The van der Waals surface area contributed by atoms with Gasteiger partial charge in [0.1, 0.15) is 0 Å². The van der Waals surface area contributed by atoms with Crippen LogP contribution >= 0.6 is 23.5 Å². The third kappa shape index (κ3) is 4.17. The molecule has 1 nitrogen and oxygen atoms in total. The Morgan fingerprint density at radius 1 is 1.16 bits per heavy atom. The Balaban J connectivity index is 2.04. The summed E-state index contributed by atoms with van der Waals surface area (Å²) in [6.07, 6.45) is 2.25. The van der Waals surface area contributed by atoms with E-state index in [1.54, 1.807) is 0 Å². The molecule has 1 aliphatic heterocycles. The molecule has 0 aliphatic carbocycles. The van der Waals surface area contributed by atoms with Crippen molar-refractivity contribution in [2.24, 2.45) is 5.73 Å². The fourth-order valence-electron chi connectivity index (χ4n) is 2.91. The lowest BCUT2D eigenvalue weighted by atomic mass is 9.98. The van der Waals surface area contributed by atoms with Gasteiger partial charge in [0, 0.05) is 28.0 Å². The first kappa shape index (κ1) is 15.3. The first-order chi connectivity index (χ1) is 9.10. The third-order valence-corrected chi connectivity index (χ3v) is 7.10. The van der Waals surface area contributed by atoms with Gasteiger partial charge in [-0.2, -0.15) is 23.5 Å². The lowest BCUT2D eigenvalue weighted by Crippen LogP contribution is -2.43. The van der Waals surface area contributed by atoms with Crippen LogP contribution in [-0.2, 0) is 6.42 Å². The summed E-state index contributed by atoms with van der Waals surface area (Å²) in [5.41, 5.74) is 10.6. The molecule has 3 heteroatoms. The van der Waals surface area contributed by atoms with Gasteiger partial charge in [0.25, 0.3) is 0 Å². The van der Waals surface area contributed by atoms with Crippen molar-refractivity contribution < 1.29 is 0 Å². The maximum Gasteiger partial charge on any atom is 0.0321 e. The zero-order valence-corrected chi connectivity index (χ0v) is 13.8. The molecule has 1 saturated heterocycles. The Bertz CT molecular complexity index is 399. The summed E-state index contributed by atoms with van der Waals surface area (Å²) in [7, 11) is 0. The Kier molecular flexibility index (Phi) is 5.67. The molecule has 19 heavy (non-hydrogen) atoms. The summed E-state index contributed by atoms with van der Waals surface area (Å²) in [6, 6.07) is 7.08. The van der Waals surface area contributed by atoms with Crippen molar-refractivity contribution in [2.75, 3.05) is 11.5 Å². The largest absolute Gasteiger partial charge is 0.326 e. The first-order valence-corrected chi connectivity index (χ1v) is 9.26. The minimum atomic E-state index is 0.281. The highest BCUT2D eigenvalue weighted by Crippen LogP contribution is 2.35. The standard InChI is InChI=1S/C16H25NS2/c1-4-15-16(19-6-5-18-15)14(17)10-13-8-11(2)7-12(3)9-13/h7-9,14-16H,4-6,10,17H2,1-3H3. The lowest BCUT2D eigenvalue weighted by Gasteiger charge is -2.34. The van der Waals surface area contributed by atoms with E-state index in [-0.39, 0.29) is 6.04 Å². The van der Waals surface area contributed by atoms with Crippen molar-refractivity contribution in [1.29, 1.82) is 0 Å². The van der Waals surface area contributed by atoms with E-state index in [0.29, 0.717) is 5.25 Å². The Hall–Kier alpha value is -0.120. The van der Waals surface area contributed by atoms with Gasteiger partial charge in [0.15, 0.2) is 0 Å². The fraction of sp³-hybridized carbons (Fsp3) is 0.625. The molecule has 2 N–H and O–H groups in total. The van der Waals surface area contributed by atoms with Crippen LogP contribution in [0.1, 0.15) is 30.0 Å². The van der Waals surface area contributed by atoms with Gasteiger partial charge in [-0.1, -0.05) is 36.2 Å². The highest BCUT2D eigenvalue weighted by Gasteiger charge is 2.29. The Morgan fingerprint density at radius 2 is 1.79 bits per heavy atom. The molecule has 1 fully saturated rings. The van der Waals surface area contributed by atoms with E-state index in [2.05, 4.69) is 62.5 Å². The van der Waals surface area contributed by atoms with Crippen molar-refractivity contribution in [3.63, 3.8) is 0 Å². The zero-order valence-electron chi connectivity index (χ0n) is 12.2. The predicted molar refractivity (Wildman–Crippen MR) is 90.4 cm³/mol. The molecule has 1 aromatic carbocycles. The van der Waals surface area contributed by atoms with Gasteiger partial charge in [0.05, 0.1) is 0 Å². The van der Waals surface area contributed by atoms with Gasteiger partial charge < -0.3 is 5.73 Å². The Labute approximate surface area is 126 Å². The molecule has 0 radical (unpaired) electrons. The molecule has 3 unspecified atom stereocenters. The predicted octanol–water partition coefficient (Wildman–Crippen LogP) is 3.80. The molecule has 0 amide bonds. The fourth-order valence-corrected chi connectivity index (χ4v) is 6.10. The van der Waals surface area contributed by atoms with Crippen molar-refractivity contribution >= 4 is 23.5 Å². The molecule has 0 aromatic heterocycles. The summed E-state index contributed by atoms with van der Waals surface area (Å²) in [5.74, 6) is 2.54. The number of hydrogen-bond donors (Lipinski definition) is 1. The average Bonchev–Trinajstić information content (AvgIpc) is 2.37. The molecular formula is C16H25NS2. The van der Waals surface area contributed by atoms with E-state index >= 15 is 0 Å². The number of hydrogen-bond acceptors (Lipinski definition) is 3. The van der Waals surface area contributed by atoms with Crippen LogP contribution in [0, 0.1) is 13.8 Å². The SMILES string of the molecule is CCC1SCCSC1C(N)Cc1cc(C)cc(C)c1. The summed E-state index contributed by atoms with van der Waals surface area (Å²) in [6.45, 7) is 6.63. The second-order valence-electron chi connectivity index (χ2n) is 5.52. The Morgan fingerprint density at radius 3 is 2.42 bits per heavy atom. The quantitative estimate of drug-likeness (QED) is 0.915. The van der Waals surface area contributed by atoms with Gasteiger partial charge in [-0.3, -0.25) is 0 Å². The first-order valence-electron chi connectivity index (χ1n) is 7.16. The summed E-state index contributed by atoms with van der Waals surface area (Å²) in [4.78, 5) is 0. The topological polar surface area (TPSA) is 26.0 Å². The zero-order chi connectivity index (χ0) is 13.8. The summed E-state index contributed by atoms with van der Waals surface area (Å²) >= 11 is 4.20. The molecule has 3 atom stereocenters. The van der Waals surface area contributed by atoms with Crippen molar-refractivity contribution in [3.05, 3.63) is 34.9 Å². The second kappa shape index (κ2) is 7.05. The maximum absolute atomic E-state index is 6.51. The van der Waals surface area contributed by atoms with Gasteiger partial charge >= 0.3 is 0 Å². The number of rotatable bonds is 4. The molecule has 0 spiro atoms. The van der Waals surface area contributed by atoms with Crippen molar-refractivity contribution in [2.45, 2.75) is 50.2 Å². The molecule has 0 bridgehead atoms. The number of aryl methyl sites for hydroxylation is 2. The smallest absolute Gasteiger partial charge is 0.0321 e. The van der Waals surface area contributed by atoms with Crippen LogP contribution < -0.4 is 5.73 Å². The molecule has 2 rings (SSSR count). The van der Waals surface area contributed by atoms with E-state index in [1.165, 1.54) is 34.6 Å². The van der Waals surface area contributed by atoms with Crippen LogP contribution in [-0.4, -0.2) is 28.0 Å². The van der Waals surface area contributed by atoms with Crippen LogP contribution in [0.4, 0.5) is 0 Å². The lowest BCUT2D eigenvalue weighted by molar-refractivity contribution is 0.597. The van der Waals surface area contributed by atoms with E-state index in [4.69, 9.17) is 5.73 Å².